The molecule has 2 aromatic carbocycles. The van der Waals surface area contributed by atoms with Crippen LogP contribution in [0.3, 0.4) is 0 Å². The summed E-state index contributed by atoms with van der Waals surface area (Å²) in [5.41, 5.74) is 1.61. The monoisotopic (exact) mass is 421 g/mol. The first-order valence-electron chi connectivity index (χ1n) is 9.96. The second-order valence-electron chi connectivity index (χ2n) is 6.90. The van der Waals surface area contributed by atoms with Gasteiger partial charge in [0, 0.05) is 5.56 Å². The van der Waals surface area contributed by atoms with Crippen LogP contribution in [0.4, 0.5) is 0 Å². The maximum atomic E-state index is 12.7. The van der Waals surface area contributed by atoms with Crippen LogP contribution in [0.5, 0.6) is 11.5 Å². The third-order valence-corrected chi connectivity index (χ3v) is 5.68. The highest BCUT2D eigenvalue weighted by molar-refractivity contribution is 7.15. The molecule has 2 heterocycles. The van der Waals surface area contributed by atoms with Crippen molar-refractivity contribution in [2.24, 2.45) is 0 Å². The molecule has 154 valence electrons. The standard InChI is InChI=1S/C23H23N3O3S/c1-3-4-5-14-29-19-12-8-17(9-13-19)21-24-23-26(25-21)22(27)20(30-23)15-16-6-10-18(28-2)11-7-16/h6-13,15H,3-5,14H2,1-2H3. The zero-order valence-corrected chi connectivity index (χ0v) is 17.8. The molecule has 30 heavy (non-hydrogen) atoms. The van der Waals surface area contributed by atoms with Gasteiger partial charge in [-0.15, -0.1) is 5.10 Å². The van der Waals surface area contributed by atoms with E-state index in [-0.39, 0.29) is 5.56 Å². The Kier molecular flexibility index (Phi) is 6.09. The number of ether oxygens (including phenoxy) is 2. The lowest BCUT2D eigenvalue weighted by atomic mass is 10.2. The number of aromatic nitrogens is 3. The lowest BCUT2D eigenvalue weighted by molar-refractivity contribution is 0.306. The summed E-state index contributed by atoms with van der Waals surface area (Å²) in [6.07, 6.45) is 5.24. The van der Waals surface area contributed by atoms with Gasteiger partial charge in [-0.25, -0.2) is 0 Å². The molecule has 0 fully saturated rings. The Hall–Kier alpha value is -3.19. The largest absolute Gasteiger partial charge is 0.497 e. The van der Waals surface area contributed by atoms with E-state index in [0.29, 0.717) is 15.3 Å². The van der Waals surface area contributed by atoms with Crippen LogP contribution >= 0.6 is 11.3 Å². The molecule has 0 bridgehead atoms. The first kappa shape index (κ1) is 20.1. The van der Waals surface area contributed by atoms with Crippen molar-refractivity contribution in [1.82, 2.24) is 14.6 Å². The fourth-order valence-corrected chi connectivity index (χ4v) is 3.96. The summed E-state index contributed by atoms with van der Waals surface area (Å²) in [7, 11) is 1.63. The third-order valence-electron chi connectivity index (χ3n) is 4.72. The van der Waals surface area contributed by atoms with Gasteiger partial charge in [0.15, 0.2) is 5.82 Å². The summed E-state index contributed by atoms with van der Waals surface area (Å²) < 4.78 is 12.9. The fraction of sp³-hybridized carbons (Fsp3) is 0.261. The molecule has 7 heteroatoms. The number of fused-ring (bicyclic) bond motifs is 1. The SMILES string of the molecule is CCCCCOc1ccc(-c2nc3sc(=Cc4ccc(OC)cc4)c(=O)n3n2)cc1. The number of unbranched alkanes of at least 4 members (excludes halogenated alkanes) is 2. The number of hydrogen-bond acceptors (Lipinski definition) is 6. The molecule has 0 saturated carbocycles. The molecule has 0 N–H and O–H groups in total. The number of benzene rings is 2. The Morgan fingerprint density at radius 3 is 2.43 bits per heavy atom. The molecule has 2 aromatic heterocycles. The van der Waals surface area contributed by atoms with E-state index in [1.807, 2.05) is 54.6 Å². The van der Waals surface area contributed by atoms with Crippen LogP contribution in [0.25, 0.3) is 22.4 Å². The van der Waals surface area contributed by atoms with Crippen LogP contribution in [0.2, 0.25) is 0 Å². The number of thiazole rings is 1. The van der Waals surface area contributed by atoms with Crippen LogP contribution in [0, 0.1) is 0 Å². The van der Waals surface area contributed by atoms with Gasteiger partial charge in [-0.05, 0) is 54.5 Å². The summed E-state index contributed by atoms with van der Waals surface area (Å²) in [5, 5.41) is 4.41. The van der Waals surface area contributed by atoms with Crippen molar-refractivity contribution in [3.05, 3.63) is 69.0 Å². The molecular weight excluding hydrogens is 398 g/mol. The molecule has 0 aliphatic heterocycles. The second-order valence-corrected chi connectivity index (χ2v) is 7.91. The molecule has 0 amide bonds. The van der Waals surface area contributed by atoms with Crippen molar-refractivity contribution >= 4 is 22.4 Å². The van der Waals surface area contributed by atoms with Crippen molar-refractivity contribution in [2.45, 2.75) is 26.2 Å². The fourth-order valence-electron chi connectivity index (χ4n) is 3.05. The summed E-state index contributed by atoms with van der Waals surface area (Å²) in [4.78, 5) is 17.8. The maximum Gasteiger partial charge on any atom is 0.291 e. The van der Waals surface area contributed by atoms with E-state index in [4.69, 9.17) is 9.47 Å². The highest BCUT2D eigenvalue weighted by Gasteiger charge is 2.12. The van der Waals surface area contributed by atoms with Crippen LogP contribution in [0.15, 0.2) is 53.3 Å². The van der Waals surface area contributed by atoms with Crippen LogP contribution in [-0.4, -0.2) is 28.3 Å². The highest BCUT2D eigenvalue weighted by atomic mass is 32.1. The van der Waals surface area contributed by atoms with E-state index in [9.17, 15) is 4.79 Å². The van der Waals surface area contributed by atoms with E-state index >= 15 is 0 Å². The van der Waals surface area contributed by atoms with E-state index in [1.165, 1.54) is 28.7 Å². The van der Waals surface area contributed by atoms with Crippen LogP contribution in [-0.2, 0) is 0 Å². The zero-order valence-electron chi connectivity index (χ0n) is 17.0. The molecule has 0 aliphatic carbocycles. The molecule has 4 aromatic rings. The van der Waals surface area contributed by atoms with Gasteiger partial charge in [-0.3, -0.25) is 4.79 Å². The lowest BCUT2D eigenvalue weighted by Crippen LogP contribution is -2.23. The Morgan fingerprint density at radius 2 is 1.77 bits per heavy atom. The Balaban J connectivity index is 1.54. The molecule has 0 unspecified atom stereocenters. The molecule has 0 spiro atoms. The lowest BCUT2D eigenvalue weighted by Gasteiger charge is -2.05. The van der Waals surface area contributed by atoms with E-state index < -0.39 is 0 Å². The second kappa shape index (κ2) is 9.09. The van der Waals surface area contributed by atoms with E-state index in [0.717, 1.165) is 35.7 Å². The van der Waals surface area contributed by atoms with Crippen molar-refractivity contribution in [3.63, 3.8) is 0 Å². The van der Waals surface area contributed by atoms with Gasteiger partial charge in [0.25, 0.3) is 5.56 Å². The van der Waals surface area contributed by atoms with Gasteiger partial charge in [0.1, 0.15) is 11.5 Å². The average Bonchev–Trinajstić information content (AvgIpc) is 3.32. The molecule has 0 atom stereocenters. The van der Waals surface area contributed by atoms with Gasteiger partial charge in [-0.1, -0.05) is 43.2 Å². The first-order chi connectivity index (χ1) is 14.7. The number of rotatable bonds is 8. The summed E-state index contributed by atoms with van der Waals surface area (Å²) in [6.45, 7) is 2.89. The minimum Gasteiger partial charge on any atom is -0.497 e. The van der Waals surface area contributed by atoms with Crippen LogP contribution < -0.4 is 19.6 Å². The van der Waals surface area contributed by atoms with E-state index in [2.05, 4.69) is 17.0 Å². The van der Waals surface area contributed by atoms with Gasteiger partial charge in [0.05, 0.1) is 18.2 Å². The van der Waals surface area contributed by atoms with Crippen molar-refractivity contribution in [2.75, 3.05) is 13.7 Å². The third kappa shape index (κ3) is 4.36. The average molecular weight is 422 g/mol. The summed E-state index contributed by atoms with van der Waals surface area (Å²) in [5.74, 6) is 2.14. The van der Waals surface area contributed by atoms with Crippen LogP contribution in [0.1, 0.15) is 31.7 Å². The Morgan fingerprint density at radius 1 is 1.03 bits per heavy atom. The zero-order chi connectivity index (χ0) is 20.9. The normalized spacial score (nSPS) is 11.9. The number of hydrogen-bond donors (Lipinski definition) is 0. The van der Waals surface area contributed by atoms with Crippen molar-refractivity contribution in [3.8, 4) is 22.9 Å². The Labute approximate surface area is 178 Å². The van der Waals surface area contributed by atoms with Crippen molar-refractivity contribution < 1.29 is 9.47 Å². The minimum absolute atomic E-state index is 0.166. The molecule has 0 saturated heterocycles. The molecule has 0 aliphatic rings. The molecular formula is C23H23N3O3S. The number of nitrogens with zero attached hydrogens (tertiary/aromatic N) is 3. The predicted octanol–water partition coefficient (Wildman–Crippen LogP) is 3.94. The maximum absolute atomic E-state index is 12.7. The highest BCUT2D eigenvalue weighted by Crippen LogP contribution is 2.21. The van der Waals surface area contributed by atoms with E-state index in [1.54, 1.807) is 7.11 Å². The number of methoxy groups -OCH3 is 1. The minimum atomic E-state index is -0.166. The smallest absolute Gasteiger partial charge is 0.291 e. The topological polar surface area (TPSA) is 65.7 Å². The first-order valence-corrected chi connectivity index (χ1v) is 10.8. The van der Waals surface area contributed by atoms with Gasteiger partial charge >= 0.3 is 0 Å². The Bertz CT molecular complexity index is 1230. The quantitative estimate of drug-likeness (QED) is 0.403. The molecule has 0 radical (unpaired) electrons. The summed E-state index contributed by atoms with van der Waals surface area (Å²) in [6, 6.07) is 15.2. The van der Waals surface area contributed by atoms with Gasteiger partial charge < -0.3 is 9.47 Å². The summed E-state index contributed by atoms with van der Waals surface area (Å²) >= 11 is 1.33. The predicted molar refractivity (Wildman–Crippen MR) is 119 cm³/mol. The molecule has 6 nitrogen and oxygen atoms in total. The van der Waals surface area contributed by atoms with Gasteiger partial charge in [-0.2, -0.15) is 9.50 Å². The molecule has 4 rings (SSSR count). The van der Waals surface area contributed by atoms with Crippen molar-refractivity contribution in [1.29, 1.82) is 0 Å². The van der Waals surface area contributed by atoms with Gasteiger partial charge in [0.2, 0.25) is 4.96 Å².